The normalized spacial score (nSPS) is 11.6. The van der Waals surface area contributed by atoms with E-state index in [0.29, 0.717) is 18.7 Å². The molecule has 2 aromatic heterocycles. The van der Waals surface area contributed by atoms with Crippen LogP contribution in [-0.4, -0.2) is 40.1 Å². The highest BCUT2D eigenvalue weighted by atomic mass is 32.2. The van der Waals surface area contributed by atoms with Crippen molar-refractivity contribution in [1.82, 2.24) is 20.0 Å². The van der Waals surface area contributed by atoms with Crippen LogP contribution in [0.15, 0.2) is 29.7 Å². The van der Waals surface area contributed by atoms with Crippen molar-refractivity contribution in [1.29, 1.82) is 0 Å². The number of H-pyrrole nitrogens is 1. The maximum atomic E-state index is 11.9. The van der Waals surface area contributed by atoms with Crippen LogP contribution in [0.25, 0.3) is 0 Å². The van der Waals surface area contributed by atoms with Crippen molar-refractivity contribution in [2.75, 3.05) is 11.3 Å². The van der Waals surface area contributed by atoms with E-state index < -0.39 is 10.0 Å². The summed E-state index contributed by atoms with van der Waals surface area (Å²) >= 11 is 0. The van der Waals surface area contributed by atoms with E-state index in [2.05, 4.69) is 20.0 Å². The predicted molar refractivity (Wildman–Crippen MR) is 63.3 cm³/mol. The Bertz CT molecular complexity index is 590. The van der Waals surface area contributed by atoms with Crippen LogP contribution in [0, 0.1) is 0 Å². The van der Waals surface area contributed by atoms with E-state index in [1.807, 2.05) is 0 Å². The first-order valence-corrected chi connectivity index (χ1v) is 6.75. The second-order valence-corrected chi connectivity index (χ2v) is 5.29. The zero-order valence-corrected chi connectivity index (χ0v) is 10.3. The number of aromatic nitrogens is 4. The van der Waals surface area contributed by atoms with Crippen LogP contribution >= 0.6 is 0 Å². The molecule has 8 nitrogen and oxygen atoms in total. The summed E-state index contributed by atoms with van der Waals surface area (Å²) in [6, 6.07) is 0. The van der Waals surface area contributed by atoms with Gasteiger partial charge in [-0.25, -0.2) is 8.42 Å². The van der Waals surface area contributed by atoms with Gasteiger partial charge in [-0.15, -0.1) is 0 Å². The van der Waals surface area contributed by atoms with Gasteiger partial charge in [-0.2, -0.15) is 10.2 Å². The molecule has 0 fully saturated rings. The van der Waals surface area contributed by atoms with Gasteiger partial charge >= 0.3 is 0 Å². The van der Waals surface area contributed by atoms with E-state index >= 15 is 0 Å². The molecule has 0 aliphatic rings. The number of rotatable bonds is 6. The van der Waals surface area contributed by atoms with E-state index in [-0.39, 0.29) is 11.5 Å². The molecular weight excluding hydrogens is 258 g/mol. The number of anilines is 1. The monoisotopic (exact) mass is 271 g/mol. The van der Waals surface area contributed by atoms with E-state index in [1.54, 1.807) is 0 Å². The Labute approximate surface area is 104 Å². The molecule has 0 aliphatic carbocycles. The Hall–Kier alpha value is -1.87. The average Bonchev–Trinajstić information content (AvgIpc) is 2.96. The number of aromatic amines is 1. The van der Waals surface area contributed by atoms with Crippen LogP contribution in [0.3, 0.4) is 0 Å². The van der Waals surface area contributed by atoms with Gasteiger partial charge in [-0.3, -0.25) is 14.5 Å². The minimum Gasteiger partial charge on any atom is -0.396 e. The largest absolute Gasteiger partial charge is 0.396 e. The third kappa shape index (κ3) is 2.87. The molecule has 2 aromatic rings. The lowest BCUT2D eigenvalue weighted by molar-refractivity contribution is 0.277. The van der Waals surface area contributed by atoms with Crippen LogP contribution < -0.4 is 4.72 Å². The summed E-state index contributed by atoms with van der Waals surface area (Å²) in [7, 11) is -3.64. The molecular formula is C9H13N5O3S. The highest BCUT2D eigenvalue weighted by molar-refractivity contribution is 7.92. The van der Waals surface area contributed by atoms with Gasteiger partial charge in [0.05, 0.1) is 18.1 Å². The second kappa shape index (κ2) is 5.19. The van der Waals surface area contributed by atoms with Crippen molar-refractivity contribution in [3.63, 3.8) is 0 Å². The van der Waals surface area contributed by atoms with Crippen molar-refractivity contribution in [3.8, 4) is 0 Å². The molecule has 2 heterocycles. The van der Waals surface area contributed by atoms with Crippen molar-refractivity contribution in [2.45, 2.75) is 17.9 Å². The lowest BCUT2D eigenvalue weighted by Crippen LogP contribution is -2.11. The van der Waals surface area contributed by atoms with Gasteiger partial charge in [0.1, 0.15) is 4.90 Å². The fraction of sp³-hybridized carbons (Fsp3) is 0.333. The topological polar surface area (TPSA) is 113 Å². The Morgan fingerprint density at radius 2 is 2.28 bits per heavy atom. The third-order valence-corrected chi connectivity index (χ3v) is 3.55. The summed E-state index contributed by atoms with van der Waals surface area (Å²) in [5, 5.41) is 18.8. The van der Waals surface area contributed by atoms with Gasteiger partial charge < -0.3 is 5.11 Å². The molecule has 0 spiro atoms. The van der Waals surface area contributed by atoms with Gasteiger partial charge in [0.25, 0.3) is 10.0 Å². The van der Waals surface area contributed by atoms with Gasteiger partial charge in [0.2, 0.25) is 0 Å². The zero-order valence-electron chi connectivity index (χ0n) is 9.44. The standard InChI is InChI=1S/C9H13N5O3S/c15-3-1-2-14-7-9(6-12-14)18(16,17)13-8-4-10-11-5-8/h4-7,13,15H,1-3H2,(H,10,11). The Balaban J connectivity index is 2.12. The summed E-state index contributed by atoms with van der Waals surface area (Å²) in [6.45, 7) is 0.507. The summed E-state index contributed by atoms with van der Waals surface area (Å²) in [5.41, 5.74) is 0.359. The number of hydrogen-bond acceptors (Lipinski definition) is 5. The summed E-state index contributed by atoms with van der Waals surface area (Å²) in [6.07, 6.45) is 6.01. The number of hydrogen-bond donors (Lipinski definition) is 3. The molecule has 18 heavy (non-hydrogen) atoms. The molecule has 0 atom stereocenters. The predicted octanol–water partition coefficient (Wildman–Crippen LogP) is -0.211. The van der Waals surface area contributed by atoms with E-state index in [1.165, 1.54) is 29.5 Å². The van der Waals surface area contributed by atoms with Gasteiger partial charge in [-0.05, 0) is 6.42 Å². The zero-order chi connectivity index (χ0) is 13.0. The fourth-order valence-corrected chi connectivity index (χ4v) is 2.35. The molecule has 3 N–H and O–H groups in total. The molecule has 0 saturated carbocycles. The quantitative estimate of drug-likeness (QED) is 0.672. The van der Waals surface area contributed by atoms with E-state index in [4.69, 9.17) is 5.11 Å². The molecule has 0 aliphatic heterocycles. The minimum atomic E-state index is -3.64. The Morgan fingerprint density at radius 1 is 1.44 bits per heavy atom. The van der Waals surface area contributed by atoms with Gasteiger partial charge in [0.15, 0.2) is 0 Å². The van der Waals surface area contributed by atoms with Crippen molar-refractivity contribution < 1.29 is 13.5 Å². The molecule has 0 amide bonds. The second-order valence-electron chi connectivity index (χ2n) is 3.61. The SMILES string of the molecule is O=S(=O)(Nc1cn[nH]c1)c1cnn(CCCO)c1. The number of sulfonamides is 1. The van der Waals surface area contributed by atoms with Crippen LogP contribution in [-0.2, 0) is 16.6 Å². The number of aliphatic hydroxyl groups is 1. The van der Waals surface area contributed by atoms with Crippen molar-refractivity contribution in [3.05, 3.63) is 24.8 Å². The average molecular weight is 271 g/mol. The first kappa shape index (κ1) is 12.6. The van der Waals surface area contributed by atoms with E-state index in [0.717, 1.165) is 0 Å². The fourth-order valence-electron chi connectivity index (χ4n) is 1.36. The van der Waals surface area contributed by atoms with E-state index in [9.17, 15) is 8.42 Å². The molecule has 0 radical (unpaired) electrons. The maximum absolute atomic E-state index is 11.9. The van der Waals surface area contributed by atoms with Crippen LogP contribution in [0.4, 0.5) is 5.69 Å². The number of aliphatic hydroxyl groups excluding tert-OH is 1. The number of nitrogens with one attached hydrogen (secondary N) is 2. The van der Waals surface area contributed by atoms with Crippen LogP contribution in [0.1, 0.15) is 6.42 Å². The molecule has 0 unspecified atom stereocenters. The van der Waals surface area contributed by atoms with Gasteiger partial charge in [-0.1, -0.05) is 0 Å². The highest BCUT2D eigenvalue weighted by Crippen LogP contribution is 2.13. The third-order valence-electron chi connectivity index (χ3n) is 2.22. The lowest BCUT2D eigenvalue weighted by Gasteiger charge is -2.02. The maximum Gasteiger partial charge on any atom is 0.265 e. The molecule has 2 rings (SSSR count). The molecule has 0 aromatic carbocycles. The lowest BCUT2D eigenvalue weighted by atomic mass is 10.5. The minimum absolute atomic E-state index is 0.0369. The van der Waals surface area contributed by atoms with Crippen LogP contribution in [0.5, 0.6) is 0 Å². The van der Waals surface area contributed by atoms with Gasteiger partial charge in [0, 0.05) is 25.5 Å². The van der Waals surface area contributed by atoms with Crippen molar-refractivity contribution >= 4 is 15.7 Å². The molecule has 0 saturated heterocycles. The summed E-state index contributed by atoms with van der Waals surface area (Å²) in [5.74, 6) is 0. The first-order chi connectivity index (χ1) is 8.62. The molecule has 9 heteroatoms. The van der Waals surface area contributed by atoms with Crippen molar-refractivity contribution in [2.24, 2.45) is 0 Å². The summed E-state index contributed by atoms with van der Waals surface area (Å²) < 4.78 is 27.7. The van der Waals surface area contributed by atoms with Crippen LogP contribution in [0.2, 0.25) is 0 Å². The first-order valence-electron chi connectivity index (χ1n) is 5.27. The number of aryl methyl sites for hydroxylation is 1. The number of nitrogens with zero attached hydrogens (tertiary/aromatic N) is 3. The smallest absolute Gasteiger partial charge is 0.265 e. The highest BCUT2D eigenvalue weighted by Gasteiger charge is 2.16. The molecule has 98 valence electrons. The Morgan fingerprint density at radius 3 is 2.94 bits per heavy atom. The molecule has 0 bridgehead atoms. The summed E-state index contributed by atoms with van der Waals surface area (Å²) in [4.78, 5) is 0.0710. The Kier molecular flexibility index (Phi) is 3.63.